The van der Waals surface area contributed by atoms with Gasteiger partial charge in [-0.15, -0.1) is 0 Å². The highest BCUT2D eigenvalue weighted by Crippen LogP contribution is 2.41. The summed E-state index contributed by atoms with van der Waals surface area (Å²) in [5.74, 6) is -3.18. The highest BCUT2D eigenvalue weighted by molar-refractivity contribution is 6.07. The fraction of sp³-hybridized carbons (Fsp3) is 0.586. The molecule has 2 aliphatic heterocycles. The maximum atomic E-state index is 13.7. The largest absolute Gasteiger partial charge is 0.488 e. The molecule has 8 nitrogen and oxygen atoms in total. The maximum absolute atomic E-state index is 13.7. The SMILES string of the molecule is CC(C)(CC(C)(C)C1CCNCC1)Oc1ccc2nccc(C(=O)NCC(=O)N3CC(F)(F)CC3C#N)c2c1. The van der Waals surface area contributed by atoms with Gasteiger partial charge in [-0.25, -0.2) is 8.78 Å². The number of carbonyl (C=O) groups is 2. The van der Waals surface area contributed by atoms with Crippen LogP contribution in [-0.2, 0) is 4.79 Å². The monoisotopic (exact) mass is 541 g/mol. The number of fused-ring (bicyclic) bond motifs is 1. The summed E-state index contributed by atoms with van der Waals surface area (Å²) in [6.07, 6.45) is 3.93. The number of carbonyl (C=O) groups excluding carboxylic acids is 2. The summed E-state index contributed by atoms with van der Waals surface area (Å²) in [6, 6.07) is 7.45. The van der Waals surface area contributed by atoms with Gasteiger partial charge >= 0.3 is 0 Å². The highest BCUT2D eigenvalue weighted by atomic mass is 19.3. The lowest BCUT2D eigenvalue weighted by Crippen LogP contribution is -2.43. The first-order valence-electron chi connectivity index (χ1n) is 13.4. The number of nitrogens with one attached hydrogen (secondary N) is 2. The van der Waals surface area contributed by atoms with E-state index < -0.39 is 48.9 Å². The number of hydrogen-bond donors (Lipinski definition) is 2. The molecule has 1 aromatic heterocycles. The smallest absolute Gasteiger partial charge is 0.268 e. The molecule has 2 amide bonds. The Morgan fingerprint density at radius 3 is 2.64 bits per heavy atom. The van der Waals surface area contributed by atoms with Crippen LogP contribution in [0.4, 0.5) is 8.78 Å². The zero-order valence-corrected chi connectivity index (χ0v) is 23.0. The predicted molar refractivity (Wildman–Crippen MR) is 143 cm³/mol. The maximum Gasteiger partial charge on any atom is 0.268 e. The van der Waals surface area contributed by atoms with Gasteiger partial charge in [0, 0.05) is 18.0 Å². The van der Waals surface area contributed by atoms with E-state index in [1.54, 1.807) is 24.3 Å². The molecule has 2 aliphatic rings. The second-order valence-corrected chi connectivity index (χ2v) is 12.0. The molecule has 0 spiro atoms. The number of pyridine rings is 1. The first kappa shape index (κ1) is 28.7. The topological polar surface area (TPSA) is 107 Å². The third kappa shape index (κ3) is 6.82. The molecular formula is C29H37F2N5O3. The summed E-state index contributed by atoms with van der Waals surface area (Å²) in [4.78, 5) is 30.7. The van der Waals surface area contributed by atoms with E-state index >= 15 is 0 Å². The van der Waals surface area contributed by atoms with E-state index in [0.29, 0.717) is 22.6 Å². The molecule has 0 saturated carbocycles. The number of likely N-dealkylation sites (tertiary alicyclic amines) is 1. The Bertz CT molecular complexity index is 1270. The van der Waals surface area contributed by atoms with Crippen molar-refractivity contribution in [2.24, 2.45) is 11.3 Å². The lowest BCUT2D eigenvalue weighted by Gasteiger charge is -2.42. The van der Waals surface area contributed by atoms with Crippen molar-refractivity contribution in [1.29, 1.82) is 5.26 Å². The van der Waals surface area contributed by atoms with Crippen LogP contribution in [0, 0.1) is 22.7 Å². The van der Waals surface area contributed by atoms with Crippen LogP contribution in [0.3, 0.4) is 0 Å². The van der Waals surface area contributed by atoms with Gasteiger partial charge in [-0.1, -0.05) is 13.8 Å². The zero-order valence-electron chi connectivity index (χ0n) is 23.0. The standard InChI is InChI=1S/C29H37F2N5O3/c1-27(2,19-7-10-33-11-8-19)17-28(3,4)39-21-5-6-24-23(13-21)22(9-12-34-24)26(38)35-16-25(37)36-18-29(30,31)14-20(36)15-32/h5-6,9,12-13,19-20,33H,7-8,10-11,14,16-18H2,1-4H3,(H,35,38). The molecule has 3 heterocycles. The number of amides is 2. The first-order valence-corrected chi connectivity index (χ1v) is 13.4. The normalized spacial score (nSPS) is 20.0. The number of alkyl halides is 2. The Labute approximate surface area is 228 Å². The van der Waals surface area contributed by atoms with Gasteiger partial charge in [-0.2, -0.15) is 5.26 Å². The van der Waals surface area contributed by atoms with Crippen LogP contribution in [0.1, 0.15) is 63.7 Å². The molecule has 2 saturated heterocycles. The fourth-order valence-corrected chi connectivity index (χ4v) is 6.13. The van der Waals surface area contributed by atoms with Crippen molar-refractivity contribution < 1.29 is 23.1 Å². The third-order valence-electron chi connectivity index (χ3n) is 7.82. The molecule has 210 valence electrons. The first-order chi connectivity index (χ1) is 18.3. The number of ether oxygens (including phenoxy) is 1. The van der Waals surface area contributed by atoms with E-state index in [0.717, 1.165) is 37.3 Å². The van der Waals surface area contributed by atoms with Crippen molar-refractivity contribution in [2.45, 2.75) is 70.9 Å². The molecule has 1 unspecified atom stereocenters. The highest BCUT2D eigenvalue weighted by Gasteiger charge is 2.47. The van der Waals surface area contributed by atoms with Crippen LogP contribution < -0.4 is 15.4 Å². The van der Waals surface area contributed by atoms with Gasteiger partial charge in [0.15, 0.2) is 0 Å². The molecule has 2 N–H and O–H groups in total. The van der Waals surface area contributed by atoms with Crippen molar-refractivity contribution >= 4 is 22.7 Å². The molecule has 10 heteroatoms. The van der Waals surface area contributed by atoms with Crippen molar-refractivity contribution in [3.8, 4) is 11.8 Å². The van der Waals surface area contributed by atoms with Crippen LogP contribution in [0.15, 0.2) is 30.5 Å². The van der Waals surface area contributed by atoms with Gasteiger partial charge in [0.05, 0.1) is 30.2 Å². The van der Waals surface area contributed by atoms with Crippen LogP contribution in [0.5, 0.6) is 5.75 Å². The minimum absolute atomic E-state index is 0.0887. The Morgan fingerprint density at radius 2 is 1.95 bits per heavy atom. The van der Waals surface area contributed by atoms with Crippen molar-refractivity contribution in [3.63, 3.8) is 0 Å². The summed E-state index contributed by atoms with van der Waals surface area (Å²) in [5, 5.41) is 15.6. The van der Waals surface area contributed by atoms with E-state index in [-0.39, 0.29) is 11.0 Å². The molecule has 0 aliphatic carbocycles. The van der Waals surface area contributed by atoms with Crippen LogP contribution >= 0.6 is 0 Å². The van der Waals surface area contributed by atoms with E-state index in [4.69, 9.17) is 10.00 Å². The second kappa shape index (κ2) is 11.0. The van der Waals surface area contributed by atoms with Crippen LogP contribution in [0.2, 0.25) is 0 Å². The van der Waals surface area contributed by atoms with E-state index in [9.17, 15) is 18.4 Å². The summed E-state index contributed by atoms with van der Waals surface area (Å²) in [6.45, 7) is 9.47. The van der Waals surface area contributed by atoms with Crippen molar-refractivity contribution in [1.82, 2.24) is 20.5 Å². The fourth-order valence-electron chi connectivity index (χ4n) is 6.13. The average Bonchev–Trinajstić information content (AvgIpc) is 3.21. The summed E-state index contributed by atoms with van der Waals surface area (Å²) in [5.41, 5.74) is 0.493. The van der Waals surface area contributed by atoms with Crippen molar-refractivity contribution in [3.05, 3.63) is 36.0 Å². The van der Waals surface area contributed by atoms with Gasteiger partial charge in [0.1, 0.15) is 17.4 Å². The molecule has 0 bridgehead atoms. The Kier molecular flexibility index (Phi) is 8.12. The number of hydrogen-bond acceptors (Lipinski definition) is 6. The van der Waals surface area contributed by atoms with Crippen LogP contribution in [-0.4, -0.2) is 65.4 Å². The molecule has 0 radical (unpaired) electrons. The minimum atomic E-state index is -3.12. The number of aromatic nitrogens is 1. The number of piperidine rings is 1. The van der Waals surface area contributed by atoms with E-state index in [1.165, 1.54) is 6.20 Å². The van der Waals surface area contributed by atoms with E-state index in [1.807, 2.05) is 6.07 Å². The van der Waals surface area contributed by atoms with Gasteiger partial charge in [0.2, 0.25) is 5.91 Å². The lowest BCUT2D eigenvalue weighted by atomic mass is 9.68. The predicted octanol–water partition coefficient (Wildman–Crippen LogP) is 4.30. The molecule has 1 atom stereocenters. The molecule has 2 fully saturated rings. The average molecular weight is 542 g/mol. The summed E-state index contributed by atoms with van der Waals surface area (Å²) >= 11 is 0. The third-order valence-corrected chi connectivity index (χ3v) is 7.82. The van der Waals surface area contributed by atoms with Crippen molar-refractivity contribution in [2.75, 3.05) is 26.2 Å². The number of nitrogens with zero attached hydrogens (tertiary/aromatic N) is 3. The number of rotatable bonds is 8. The number of halogens is 2. The molecule has 39 heavy (non-hydrogen) atoms. The molecule has 2 aromatic rings. The molecule has 1 aromatic carbocycles. The lowest BCUT2D eigenvalue weighted by molar-refractivity contribution is -0.131. The van der Waals surface area contributed by atoms with Crippen LogP contribution in [0.25, 0.3) is 10.9 Å². The van der Waals surface area contributed by atoms with E-state index in [2.05, 4.69) is 43.3 Å². The molecular weight excluding hydrogens is 504 g/mol. The Hall–Kier alpha value is -3.32. The summed E-state index contributed by atoms with van der Waals surface area (Å²) in [7, 11) is 0. The zero-order chi connectivity index (χ0) is 28.4. The van der Waals surface area contributed by atoms with Gasteiger partial charge in [-0.3, -0.25) is 14.6 Å². The second-order valence-electron chi connectivity index (χ2n) is 12.0. The van der Waals surface area contributed by atoms with Gasteiger partial charge < -0.3 is 20.3 Å². The number of nitriles is 1. The molecule has 4 rings (SSSR count). The Morgan fingerprint density at radius 1 is 1.23 bits per heavy atom. The summed E-state index contributed by atoms with van der Waals surface area (Å²) < 4.78 is 33.9. The Balaban J connectivity index is 1.46. The quantitative estimate of drug-likeness (QED) is 0.516. The van der Waals surface area contributed by atoms with Gasteiger partial charge in [0.25, 0.3) is 11.8 Å². The number of benzene rings is 1. The minimum Gasteiger partial charge on any atom is -0.488 e. The van der Waals surface area contributed by atoms with Gasteiger partial charge in [-0.05, 0) is 81.8 Å².